The third-order valence-corrected chi connectivity index (χ3v) is 5.25. The Morgan fingerprint density at radius 2 is 1.76 bits per heavy atom. The zero-order valence-corrected chi connectivity index (χ0v) is 11.4. The molecule has 1 aromatic carbocycles. The summed E-state index contributed by atoms with van der Waals surface area (Å²) in [6, 6.07) is 3.98. The molecule has 0 aliphatic heterocycles. The first-order chi connectivity index (χ1) is 7.62. The summed E-state index contributed by atoms with van der Waals surface area (Å²) in [5, 5.41) is 0.324. The average molecular weight is 298 g/mol. The molecule has 1 aromatic rings. The molecule has 0 radical (unpaired) electrons. The van der Waals surface area contributed by atoms with Crippen LogP contribution in [0, 0.1) is 0 Å². The molecule has 0 aromatic heterocycles. The Morgan fingerprint density at radius 1 is 1.18 bits per heavy atom. The maximum absolute atomic E-state index is 11.8. The molecule has 5 nitrogen and oxygen atoms in total. The molecular weight excluding hydrogens is 286 g/mol. The Bertz CT molecular complexity index is 622. The van der Waals surface area contributed by atoms with Crippen LogP contribution < -0.4 is 5.73 Å². The first-order valence-electron chi connectivity index (χ1n) is 4.57. The van der Waals surface area contributed by atoms with Crippen LogP contribution in [0.4, 0.5) is 5.69 Å². The zero-order valence-electron chi connectivity index (χ0n) is 9.05. The van der Waals surface area contributed by atoms with E-state index in [0.717, 1.165) is 6.26 Å². The number of sulfone groups is 2. The van der Waals surface area contributed by atoms with Gasteiger partial charge in [0.25, 0.3) is 0 Å². The highest BCUT2D eigenvalue weighted by Gasteiger charge is 2.19. The number of nitrogen functional groups attached to an aromatic ring is 1. The van der Waals surface area contributed by atoms with E-state index in [0.29, 0.717) is 5.02 Å². The summed E-state index contributed by atoms with van der Waals surface area (Å²) in [4.78, 5) is -0.0921. The first-order valence-corrected chi connectivity index (χ1v) is 8.66. The molecule has 8 heteroatoms. The monoisotopic (exact) mass is 297 g/mol. The number of hydrogen-bond donors (Lipinski definition) is 1. The van der Waals surface area contributed by atoms with Gasteiger partial charge in [0.05, 0.1) is 22.1 Å². The van der Waals surface area contributed by atoms with E-state index in [1.54, 1.807) is 0 Å². The van der Waals surface area contributed by atoms with E-state index in [1.165, 1.54) is 18.2 Å². The lowest BCUT2D eigenvalue weighted by molar-refractivity contribution is 0.590. The van der Waals surface area contributed by atoms with Crippen molar-refractivity contribution in [2.75, 3.05) is 23.5 Å². The normalized spacial score (nSPS) is 12.6. The fraction of sp³-hybridized carbons (Fsp3) is 0.333. The summed E-state index contributed by atoms with van der Waals surface area (Å²) in [7, 11) is -7.04. The summed E-state index contributed by atoms with van der Waals surface area (Å²) >= 11 is 5.65. The van der Waals surface area contributed by atoms with Gasteiger partial charge >= 0.3 is 0 Å². The van der Waals surface area contributed by atoms with Crippen molar-refractivity contribution in [1.29, 1.82) is 0 Å². The predicted molar refractivity (Wildman–Crippen MR) is 67.6 cm³/mol. The Balaban J connectivity index is 3.06. The van der Waals surface area contributed by atoms with E-state index in [9.17, 15) is 16.8 Å². The van der Waals surface area contributed by atoms with Crippen LogP contribution in [0.1, 0.15) is 0 Å². The molecule has 1 rings (SSSR count). The van der Waals surface area contributed by atoms with Gasteiger partial charge in [-0.05, 0) is 18.2 Å². The molecule has 2 N–H and O–H groups in total. The number of hydrogen-bond acceptors (Lipinski definition) is 5. The molecule has 0 aliphatic carbocycles. The molecule has 0 saturated carbocycles. The highest BCUT2D eigenvalue weighted by Crippen LogP contribution is 2.23. The molecule has 0 atom stereocenters. The fourth-order valence-corrected chi connectivity index (χ4v) is 4.36. The second kappa shape index (κ2) is 4.83. The molecule has 0 amide bonds. The number of rotatable bonds is 4. The average Bonchev–Trinajstić information content (AvgIpc) is 2.13. The van der Waals surface area contributed by atoms with Gasteiger partial charge < -0.3 is 5.73 Å². The van der Waals surface area contributed by atoms with Gasteiger partial charge in [-0.1, -0.05) is 11.6 Å². The van der Waals surface area contributed by atoms with Gasteiger partial charge in [-0.3, -0.25) is 0 Å². The van der Waals surface area contributed by atoms with Crippen LogP contribution in [0.3, 0.4) is 0 Å². The molecule has 0 heterocycles. The third kappa shape index (κ3) is 4.18. The topological polar surface area (TPSA) is 94.3 Å². The Morgan fingerprint density at radius 3 is 2.24 bits per heavy atom. The van der Waals surface area contributed by atoms with Crippen molar-refractivity contribution in [2.24, 2.45) is 0 Å². The van der Waals surface area contributed by atoms with Crippen molar-refractivity contribution in [3.8, 4) is 0 Å². The molecule has 17 heavy (non-hydrogen) atoms. The second-order valence-electron chi connectivity index (χ2n) is 3.63. The predicted octanol–water partition coefficient (Wildman–Crippen LogP) is 0.740. The Hall–Kier alpha value is -0.790. The zero-order chi connectivity index (χ0) is 13.3. The smallest absolute Gasteiger partial charge is 0.181 e. The van der Waals surface area contributed by atoms with E-state index in [-0.39, 0.29) is 10.6 Å². The summed E-state index contributed by atoms with van der Waals surface area (Å²) in [5.74, 6) is -0.922. The number of anilines is 1. The van der Waals surface area contributed by atoms with Gasteiger partial charge in [0.1, 0.15) is 9.84 Å². The van der Waals surface area contributed by atoms with Gasteiger partial charge in [0.15, 0.2) is 9.84 Å². The van der Waals surface area contributed by atoms with Crippen molar-refractivity contribution in [2.45, 2.75) is 4.90 Å². The van der Waals surface area contributed by atoms with Crippen molar-refractivity contribution in [3.05, 3.63) is 23.2 Å². The van der Waals surface area contributed by atoms with E-state index in [2.05, 4.69) is 0 Å². The molecule has 0 bridgehead atoms. The van der Waals surface area contributed by atoms with Gasteiger partial charge in [0, 0.05) is 11.3 Å². The van der Waals surface area contributed by atoms with Gasteiger partial charge in [-0.15, -0.1) is 0 Å². The highest BCUT2D eigenvalue weighted by molar-refractivity contribution is 7.94. The van der Waals surface area contributed by atoms with Gasteiger partial charge in [-0.25, -0.2) is 16.8 Å². The van der Waals surface area contributed by atoms with E-state index in [1.807, 2.05) is 0 Å². The fourth-order valence-electron chi connectivity index (χ4n) is 1.17. The third-order valence-electron chi connectivity index (χ3n) is 2.03. The van der Waals surface area contributed by atoms with Crippen molar-refractivity contribution in [3.63, 3.8) is 0 Å². The van der Waals surface area contributed by atoms with E-state index in [4.69, 9.17) is 17.3 Å². The van der Waals surface area contributed by atoms with Crippen molar-refractivity contribution < 1.29 is 16.8 Å². The lowest BCUT2D eigenvalue weighted by Gasteiger charge is -2.07. The van der Waals surface area contributed by atoms with Crippen LogP contribution in [-0.4, -0.2) is 34.6 Å². The van der Waals surface area contributed by atoms with Crippen LogP contribution in [-0.2, 0) is 19.7 Å². The highest BCUT2D eigenvalue weighted by atomic mass is 35.5. The number of benzene rings is 1. The number of nitrogens with two attached hydrogens (primary N) is 1. The molecule has 0 fully saturated rings. The van der Waals surface area contributed by atoms with Gasteiger partial charge in [-0.2, -0.15) is 0 Å². The Labute approximate surface area is 105 Å². The van der Waals surface area contributed by atoms with Crippen LogP contribution in [0.25, 0.3) is 0 Å². The number of halogens is 1. The molecule has 0 saturated heterocycles. The minimum Gasteiger partial charge on any atom is -0.398 e. The maximum atomic E-state index is 11.8. The molecule has 0 spiro atoms. The van der Waals surface area contributed by atoms with Crippen molar-refractivity contribution >= 4 is 37.0 Å². The SMILES string of the molecule is CS(=O)(=O)CCS(=O)(=O)c1ccc(Cl)cc1N. The molecule has 96 valence electrons. The van der Waals surface area contributed by atoms with Crippen LogP contribution >= 0.6 is 11.6 Å². The summed E-state index contributed by atoms with van der Waals surface area (Å²) < 4.78 is 45.5. The molecule has 0 aliphatic rings. The minimum atomic E-state index is -3.70. The van der Waals surface area contributed by atoms with Gasteiger partial charge in [0.2, 0.25) is 0 Å². The maximum Gasteiger partial charge on any atom is 0.181 e. The lowest BCUT2D eigenvalue weighted by Crippen LogP contribution is -2.17. The largest absolute Gasteiger partial charge is 0.398 e. The van der Waals surface area contributed by atoms with Crippen LogP contribution in [0.2, 0.25) is 5.02 Å². The second-order valence-corrected chi connectivity index (χ2v) is 8.40. The van der Waals surface area contributed by atoms with E-state index < -0.39 is 31.2 Å². The summed E-state index contributed by atoms with van der Waals surface area (Å²) in [6.45, 7) is 0. The molecule has 0 unspecified atom stereocenters. The Kier molecular flexibility index (Phi) is 4.06. The summed E-state index contributed by atoms with van der Waals surface area (Å²) in [5.41, 5.74) is 5.55. The summed E-state index contributed by atoms with van der Waals surface area (Å²) in [6.07, 6.45) is 0.980. The molecular formula is C9H12ClNO4S2. The van der Waals surface area contributed by atoms with Crippen molar-refractivity contribution in [1.82, 2.24) is 0 Å². The minimum absolute atomic E-state index is 0.0194. The van der Waals surface area contributed by atoms with Crippen LogP contribution in [0.15, 0.2) is 23.1 Å². The lowest BCUT2D eigenvalue weighted by atomic mass is 10.3. The quantitative estimate of drug-likeness (QED) is 0.827. The van der Waals surface area contributed by atoms with E-state index >= 15 is 0 Å². The van der Waals surface area contributed by atoms with Crippen LogP contribution in [0.5, 0.6) is 0 Å². The standard InChI is InChI=1S/C9H12ClNO4S2/c1-16(12,13)4-5-17(14,15)9-3-2-7(10)6-8(9)11/h2-3,6H,4-5,11H2,1H3. The first kappa shape index (κ1) is 14.3.